The molecule has 0 fully saturated rings. The number of aromatic nitrogens is 1. The summed E-state index contributed by atoms with van der Waals surface area (Å²) in [4.78, 5) is 28.1. The van der Waals surface area contributed by atoms with Crippen molar-refractivity contribution in [3.63, 3.8) is 0 Å². The zero-order chi connectivity index (χ0) is 19.9. The van der Waals surface area contributed by atoms with Crippen molar-refractivity contribution in [3.8, 4) is 0 Å². The average Bonchev–Trinajstić information content (AvgIpc) is 3.05. The Kier molecular flexibility index (Phi) is 4.15. The summed E-state index contributed by atoms with van der Waals surface area (Å²) in [6.07, 6.45) is 0. The Balaban J connectivity index is 1.51. The number of amides is 2. The van der Waals surface area contributed by atoms with Crippen molar-refractivity contribution in [1.29, 1.82) is 0 Å². The number of hydrogen-bond acceptors (Lipinski definition) is 5. The van der Waals surface area contributed by atoms with Crippen molar-refractivity contribution in [2.45, 2.75) is 26.2 Å². The van der Waals surface area contributed by atoms with E-state index in [-0.39, 0.29) is 5.41 Å². The maximum atomic E-state index is 12.3. The van der Waals surface area contributed by atoms with Crippen LogP contribution < -0.4 is 16.3 Å². The van der Waals surface area contributed by atoms with Crippen LogP contribution in [0.3, 0.4) is 0 Å². The number of oxazole rings is 1. The molecule has 28 heavy (non-hydrogen) atoms. The van der Waals surface area contributed by atoms with Crippen molar-refractivity contribution in [1.82, 2.24) is 4.98 Å². The third-order valence-electron chi connectivity index (χ3n) is 4.16. The molecule has 0 atom stereocenters. The summed E-state index contributed by atoms with van der Waals surface area (Å²) in [6.45, 7) is 6.08. The Bertz CT molecular complexity index is 1250. The Hall–Kier alpha value is -3.61. The highest BCUT2D eigenvalue weighted by Gasteiger charge is 2.21. The lowest BCUT2D eigenvalue weighted by atomic mass is 9.97. The second-order valence-corrected chi connectivity index (χ2v) is 7.54. The highest BCUT2D eigenvalue weighted by molar-refractivity contribution is 6.01. The van der Waals surface area contributed by atoms with E-state index in [0.29, 0.717) is 33.9 Å². The van der Waals surface area contributed by atoms with Gasteiger partial charge in [0.2, 0.25) is 5.89 Å². The summed E-state index contributed by atoms with van der Waals surface area (Å²) in [6, 6.07) is 12.9. The number of fused-ring (bicyclic) bond motifs is 2. The summed E-state index contributed by atoms with van der Waals surface area (Å²) in [5.41, 5.74) is 2.39. The normalized spacial score (nSPS) is 11.7. The standard InChI is InChI=1S/C21H19N3O4/c1-21(2,3)19-24-15-11-14(6-8-17(15)28-19)23-20(26)22-13-5-7-16-12(10-13)4-9-18(25)27-16/h4-11H,1-3H3,(H2,22,23,26). The molecule has 0 aliphatic rings. The van der Waals surface area contributed by atoms with E-state index in [2.05, 4.69) is 15.6 Å². The first-order chi connectivity index (χ1) is 13.3. The summed E-state index contributed by atoms with van der Waals surface area (Å²) >= 11 is 0. The summed E-state index contributed by atoms with van der Waals surface area (Å²) < 4.78 is 10.9. The van der Waals surface area contributed by atoms with Gasteiger partial charge in [-0.15, -0.1) is 0 Å². The molecule has 0 saturated heterocycles. The van der Waals surface area contributed by atoms with E-state index in [4.69, 9.17) is 8.83 Å². The fourth-order valence-electron chi connectivity index (χ4n) is 2.77. The molecule has 2 aromatic carbocycles. The lowest BCUT2D eigenvalue weighted by Gasteiger charge is -2.11. The van der Waals surface area contributed by atoms with Crippen LogP contribution in [-0.2, 0) is 5.41 Å². The molecule has 2 N–H and O–H groups in total. The van der Waals surface area contributed by atoms with Crippen molar-refractivity contribution in [3.05, 3.63) is 64.8 Å². The van der Waals surface area contributed by atoms with E-state index in [9.17, 15) is 9.59 Å². The number of rotatable bonds is 2. The fourth-order valence-corrected chi connectivity index (χ4v) is 2.77. The van der Waals surface area contributed by atoms with E-state index in [1.807, 2.05) is 20.8 Å². The molecular weight excluding hydrogens is 358 g/mol. The van der Waals surface area contributed by atoms with Crippen LogP contribution in [0, 0.1) is 0 Å². The number of urea groups is 1. The second kappa shape index (κ2) is 6.53. The van der Waals surface area contributed by atoms with Gasteiger partial charge in [-0.3, -0.25) is 0 Å². The molecule has 142 valence electrons. The van der Waals surface area contributed by atoms with Crippen LogP contribution in [0.1, 0.15) is 26.7 Å². The Labute approximate surface area is 160 Å². The van der Waals surface area contributed by atoms with Gasteiger partial charge in [0.15, 0.2) is 5.58 Å². The first-order valence-electron chi connectivity index (χ1n) is 8.81. The average molecular weight is 377 g/mol. The number of carbonyl (C=O) groups is 1. The highest BCUT2D eigenvalue weighted by Crippen LogP contribution is 2.27. The zero-order valence-corrected chi connectivity index (χ0v) is 15.7. The number of carbonyl (C=O) groups excluding carboxylic acids is 1. The molecule has 2 heterocycles. The largest absolute Gasteiger partial charge is 0.440 e. The lowest BCUT2D eigenvalue weighted by Crippen LogP contribution is -2.19. The van der Waals surface area contributed by atoms with E-state index in [0.717, 1.165) is 5.39 Å². The monoisotopic (exact) mass is 377 g/mol. The van der Waals surface area contributed by atoms with Crippen LogP contribution in [0.25, 0.3) is 22.1 Å². The van der Waals surface area contributed by atoms with E-state index in [1.165, 1.54) is 6.07 Å². The number of nitrogens with one attached hydrogen (secondary N) is 2. The van der Waals surface area contributed by atoms with Gasteiger partial charge in [-0.2, -0.15) is 0 Å². The third-order valence-corrected chi connectivity index (χ3v) is 4.16. The smallest absolute Gasteiger partial charge is 0.336 e. The number of anilines is 2. The van der Waals surface area contributed by atoms with Gasteiger partial charge in [-0.25, -0.2) is 14.6 Å². The van der Waals surface area contributed by atoms with Gasteiger partial charge in [-0.05, 0) is 42.5 Å². The topological polar surface area (TPSA) is 97.4 Å². The van der Waals surface area contributed by atoms with Crippen LogP contribution in [0.15, 0.2) is 62.2 Å². The fraction of sp³-hybridized carbons (Fsp3) is 0.190. The molecule has 2 aromatic heterocycles. The van der Waals surface area contributed by atoms with Gasteiger partial charge in [0, 0.05) is 28.2 Å². The molecule has 4 rings (SSSR count). The maximum Gasteiger partial charge on any atom is 0.336 e. The Morgan fingerprint density at radius 1 is 0.893 bits per heavy atom. The van der Waals surface area contributed by atoms with Gasteiger partial charge < -0.3 is 19.5 Å². The summed E-state index contributed by atoms with van der Waals surface area (Å²) in [5.74, 6) is 0.645. The molecule has 2 amide bonds. The minimum absolute atomic E-state index is 0.195. The molecule has 0 saturated carbocycles. The molecule has 0 bridgehead atoms. The quantitative estimate of drug-likeness (QED) is 0.486. The van der Waals surface area contributed by atoms with Gasteiger partial charge in [0.1, 0.15) is 11.1 Å². The van der Waals surface area contributed by atoms with Gasteiger partial charge in [0.25, 0.3) is 0 Å². The van der Waals surface area contributed by atoms with Gasteiger partial charge in [0.05, 0.1) is 0 Å². The first kappa shape index (κ1) is 17.8. The van der Waals surface area contributed by atoms with E-state index >= 15 is 0 Å². The summed E-state index contributed by atoms with van der Waals surface area (Å²) in [7, 11) is 0. The number of nitrogens with zero attached hydrogens (tertiary/aromatic N) is 1. The number of hydrogen-bond donors (Lipinski definition) is 2. The van der Waals surface area contributed by atoms with Crippen molar-refractivity contribution >= 4 is 39.5 Å². The molecule has 0 aliphatic carbocycles. The van der Waals surface area contributed by atoms with Crippen molar-refractivity contribution in [2.24, 2.45) is 0 Å². The molecule has 7 nitrogen and oxygen atoms in total. The van der Waals surface area contributed by atoms with Crippen molar-refractivity contribution < 1.29 is 13.6 Å². The second-order valence-electron chi connectivity index (χ2n) is 7.54. The van der Waals surface area contributed by atoms with Crippen LogP contribution >= 0.6 is 0 Å². The predicted octanol–water partition coefficient (Wildman–Crippen LogP) is 4.88. The Morgan fingerprint density at radius 2 is 1.57 bits per heavy atom. The molecule has 0 spiro atoms. The van der Waals surface area contributed by atoms with Crippen LogP contribution in [-0.4, -0.2) is 11.0 Å². The van der Waals surface area contributed by atoms with Gasteiger partial charge >= 0.3 is 11.7 Å². The first-order valence-corrected chi connectivity index (χ1v) is 8.81. The van der Waals surface area contributed by atoms with Crippen LogP contribution in [0.5, 0.6) is 0 Å². The van der Waals surface area contributed by atoms with Crippen LogP contribution in [0.4, 0.5) is 16.2 Å². The number of benzene rings is 2. The van der Waals surface area contributed by atoms with Crippen LogP contribution in [0.2, 0.25) is 0 Å². The third kappa shape index (κ3) is 3.59. The molecule has 0 radical (unpaired) electrons. The lowest BCUT2D eigenvalue weighted by molar-refractivity contribution is 0.262. The molecular formula is C21H19N3O4. The molecule has 0 unspecified atom stereocenters. The minimum atomic E-state index is -0.413. The van der Waals surface area contributed by atoms with Crippen molar-refractivity contribution in [2.75, 3.05) is 10.6 Å². The zero-order valence-electron chi connectivity index (χ0n) is 15.7. The van der Waals surface area contributed by atoms with E-state index < -0.39 is 11.7 Å². The molecule has 4 aromatic rings. The minimum Gasteiger partial charge on any atom is -0.440 e. The Morgan fingerprint density at radius 3 is 2.29 bits per heavy atom. The molecule has 7 heteroatoms. The molecule has 0 aliphatic heterocycles. The SMILES string of the molecule is CC(C)(C)c1nc2cc(NC(=O)Nc3ccc4oc(=O)ccc4c3)ccc2o1. The van der Waals surface area contributed by atoms with Gasteiger partial charge in [-0.1, -0.05) is 20.8 Å². The summed E-state index contributed by atoms with van der Waals surface area (Å²) in [5, 5.41) is 6.26. The maximum absolute atomic E-state index is 12.3. The predicted molar refractivity (Wildman–Crippen MR) is 108 cm³/mol. The highest BCUT2D eigenvalue weighted by atomic mass is 16.4. The van der Waals surface area contributed by atoms with E-state index in [1.54, 1.807) is 42.5 Å².